The second kappa shape index (κ2) is 6.49. The zero-order valence-corrected chi connectivity index (χ0v) is 13.3. The lowest BCUT2D eigenvalue weighted by atomic mass is 10.0. The largest absolute Gasteiger partial charge is 0.490 e. The van der Waals surface area contributed by atoms with E-state index in [2.05, 4.69) is 23.9 Å². The third-order valence-corrected chi connectivity index (χ3v) is 4.28. The second-order valence-electron chi connectivity index (χ2n) is 5.41. The number of ether oxygens (including phenoxy) is 1. The van der Waals surface area contributed by atoms with Gasteiger partial charge in [-0.25, -0.2) is 0 Å². The highest BCUT2D eigenvalue weighted by Gasteiger charge is 2.25. The fourth-order valence-corrected chi connectivity index (χ4v) is 2.98. The number of rotatable bonds is 4. The Morgan fingerprint density at radius 3 is 2.48 bits per heavy atom. The molecule has 0 spiro atoms. The Labute approximate surface area is 129 Å². The van der Waals surface area contributed by atoms with Gasteiger partial charge in [0.1, 0.15) is 0 Å². The van der Waals surface area contributed by atoms with E-state index in [0.717, 1.165) is 31.6 Å². The summed E-state index contributed by atoms with van der Waals surface area (Å²) in [5, 5.41) is 11.4. The molecule has 21 heavy (non-hydrogen) atoms. The molecular weight excluding hydrogens is 294 g/mol. The maximum Gasteiger partial charge on any atom is 0.312 e. The molecule has 0 aliphatic carbocycles. The lowest BCUT2D eigenvalue weighted by molar-refractivity contribution is -0.385. The molecule has 0 radical (unpaired) electrons. The third kappa shape index (κ3) is 3.39. The summed E-state index contributed by atoms with van der Waals surface area (Å²) in [6, 6.07) is 3.60. The molecule has 0 N–H and O–H groups in total. The smallest absolute Gasteiger partial charge is 0.312 e. The van der Waals surface area contributed by atoms with Crippen LogP contribution in [-0.4, -0.2) is 50.2 Å². The first-order valence-corrected chi connectivity index (χ1v) is 7.25. The van der Waals surface area contributed by atoms with Crippen molar-refractivity contribution in [3.05, 3.63) is 27.3 Å². The van der Waals surface area contributed by atoms with E-state index in [9.17, 15) is 10.1 Å². The summed E-state index contributed by atoms with van der Waals surface area (Å²) in [6.45, 7) is 1.76. The van der Waals surface area contributed by atoms with Crippen LogP contribution in [0.3, 0.4) is 0 Å². The van der Waals surface area contributed by atoms with E-state index in [-0.39, 0.29) is 11.4 Å². The molecular formula is C14H20ClN3O3. The molecule has 6 nitrogen and oxygen atoms in total. The third-order valence-electron chi connectivity index (χ3n) is 3.98. The highest BCUT2D eigenvalue weighted by molar-refractivity contribution is 6.33. The summed E-state index contributed by atoms with van der Waals surface area (Å²) in [4.78, 5) is 14.9. The SMILES string of the molecule is COc1cc(N2CCC(N(C)C)CC2)c(Cl)cc1[N+](=O)[O-]. The normalized spacial score (nSPS) is 16.3. The fraction of sp³-hybridized carbons (Fsp3) is 0.571. The molecule has 0 unspecified atom stereocenters. The van der Waals surface area contributed by atoms with Crippen LogP contribution in [0.2, 0.25) is 5.02 Å². The minimum atomic E-state index is -0.479. The van der Waals surface area contributed by atoms with Crippen molar-refractivity contribution in [2.45, 2.75) is 18.9 Å². The molecule has 1 saturated heterocycles. The van der Waals surface area contributed by atoms with Crippen LogP contribution < -0.4 is 9.64 Å². The number of piperidine rings is 1. The van der Waals surface area contributed by atoms with Gasteiger partial charge >= 0.3 is 5.69 Å². The zero-order chi connectivity index (χ0) is 15.6. The number of nitro groups is 1. The fourth-order valence-electron chi connectivity index (χ4n) is 2.70. The summed E-state index contributed by atoms with van der Waals surface area (Å²) in [5.41, 5.74) is 0.700. The highest BCUT2D eigenvalue weighted by Crippen LogP contribution is 2.38. The maximum atomic E-state index is 11.0. The summed E-state index contributed by atoms with van der Waals surface area (Å²) >= 11 is 6.22. The molecule has 0 atom stereocenters. The van der Waals surface area contributed by atoms with E-state index < -0.39 is 4.92 Å². The molecule has 1 aliphatic rings. The van der Waals surface area contributed by atoms with Gasteiger partial charge in [-0.3, -0.25) is 10.1 Å². The molecule has 1 aromatic rings. The highest BCUT2D eigenvalue weighted by atomic mass is 35.5. The number of benzene rings is 1. The number of anilines is 1. The number of hydrogen-bond donors (Lipinski definition) is 0. The van der Waals surface area contributed by atoms with E-state index in [0.29, 0.717) is 11.1 Å². The second-order valence-corrected chi connectivity index (χ2v) is 5.82. The van der Waals surface area contributed by atoms with Crippen LogP contribution in [0.4, 0.5) is 11.4 Å². The van der Waals surface area contributed by atoms with Gasteiger partial charge in [-0.15, -0.1) is 0 Å². The van der Waals surface area contributed by atoms with Crippen LogP contribution >= 0.6 is 11.6 Å². The van der Waals surface area contributed by atoms with Crippen molar-refractivity contribution < 1.29 is 9.66 Å². The van der Waals surface area contributed by atoms with Crippen molar-refractivity contribution in [1.29, 1.82) is 0 Å². The molecule has 0 saturated carbocycles. The first-order chi connectivity index (χ1) is 9.93. The minimum Gasteiger partial charge on any atom is -0.490 e. The van der Waals surface area contributed by atoms with Crippen molar-refractivity contribution in [3.8, 4) is 5.75 Å². The van der Waals surface area contributed by atoms with Gasteiger partial charge in [-0.2, -0.15) is 0 Å². The van der Waals surface area contributed by atoms with Crippen LogP contribution in [-0.2, 0) is 0 Å². The van der Waals surface area contributed by atoms with Gasteiger partial charge in [0.15, 0.2) is 5.75 Å². The minimum absolute atomic E-state index is 0.102. The van der Waals surface area contributed by atoms with Gasteiger partial charge in [0, 0.05) is 31.3 Å². The summed E-state index contributed by atoms with van der Waals surface area (Å²) < 4.78 is 5.12. The molecule has 1 fully saturated rings. The van der Waals surface area contributed by atoms with E-state index in [1.807, 2.05) is 0 Å². The molecule has 1 aliphatic heterocycles. The van der Waals surface area contributed by atoms with Gasteiger partial charge in [-0.05, 0) is 26.9 Å². The molecule has 7 heteroatoms. The predicted octanol–water partition coefficient (Wildman–Crippen LogP) is 2.79. The van der Waals surface area contributed by atoms with E-state index >= 15 is 0 Å². The quantitative estimate of drug-likeness (QED) is 0.632. The van der Waals surface area contributed by atoms with E-state index in [4.69, 9.17) is 16.3 Å². The maximum absolute atomic E-state index is 11.0. The number of nitrogens with zero attached hydrogens (tertiary/aromatic N) is 3. The van der Waals surface area contributed by atoms with Gasteiger partial charge in [0.2, 0.25) is 0 Å². The number of methoxy groups -OCH3 is 1. The molecule has 1 heterocycles. The summed E-state index contributed by atoms with van der Waals surface area (Å²) in [7, 11) is 5.60. The standard InChI is InChI=1S/C14H20ClN3O3/c1-16(2)10-4-6-17(7-5-10)12-9-14(21-3)13(18(19)20)8-11(12)15/h8-10H,4-7H2,1-3H3. The summed E-state index contributed by atoms with van der Waals surface area (Å²) in [5.74, 6) is 0.245. The Morgan fingerprint density at radius 2 is 2.00 bits per heavy atom. The molecule has 1 aromatic carbocycles. The Bertz CT molecular complexity index is 528. The van der Waals surface area contributed by atoms with Crippen LogP contribution in [0.5, 0.6) is 5.75 Å². The Kier molecular flexibility index (Phi) is 4.90. The Morgan fingerprint density at radius 1 is 1.38 bits per heavy atom. The Hall–Kier alpha value is -1.53. The van der Waals surface area contributed by atoms with Crippen molar-refractivity contribution in [2.24, 2.45) is 0 Å². The lowest BCUT2D eigenvalue weighted by Crippen LogP contribution is -2.42. The van der Waals surface area contributed by atoms with Crippen molar-refractivity contribution in [3.63, 3.8) is 0 Å². The topological polar surface area (TPSA) is 58.8 Å². The van der Waals surface area contributed by atoms with Crippen molar-refractivity contribution in [1.82, 2.24) is 4.90 Å². The van der Waals surface area contributed by atoms with Crippen molar-refractivity contribution in [2.75, 3.05) is 39.2 Å². The lowest BCUT2D eigenvalue weighted by Gasteiger charge is -2.36. The van der Waals surface area contributed by atoms with Gasteiger partial charge in [-0.1, -0.05) is 11.6 Å². The number of hydrogen-bond acceptors (Lipinski definition) is 5. The molecule has 0 aromatic heterocycles. The first kappa shape index (κ1) is 15.9. The summed E-state index contributed by atoms with van der Waals surface area (Å²) in [6.07, 6.45) is 2.09. The average Bonchev–Trinajstić information content (AvgIpc) is 2.47. The van der Waals surface area contributed by atoms with Gasteiger partial charge in [0.25, 0.3) is 0 Å². The average molecular weight is 314 g/mol. The number of halogens is 1. The molecule has 0 bridgehead atoms. The first-order valence-electron chi connectivity index (χ1n) is 6.87. The molecule has 0 amide bonds. The van der Waals surface area contributed by atoms with Crippen molar-refractivity contribution >= 4 is 23.0 Å². The van der Waals surface area contributed by atoms with Crippen LogP contribution in [0, 0.1) is 10.1 Å². The Balaban J connectivity index is 2.23. The van der Waals surface area contributed by atoms with E-state index in [1.54, 1.807) is 6.07 Å². The number of nitro benzene ring substituents is 1. The monoisotopic (exact) mass is 313 g/mol. The van der Waals surface area contributed by atoms with Gasteiger partial charge in [0.05, 0.1) is 22.7 Å². The zero-order valence-electron chi connectivity index (χ0n) is 12.5. The van der Waals surface area contributed by atoms with Gasteiger partial charge < -0.3 is 14.5 Å². The van der Waals surface area contributed by atoms with E-state index in [1.165, 1.54) is 13.2 Å². The van der Waals surface area contributed by atoms with Crippen LogP contribution in [0.25, 0.3) is 0 Å². The predicted molar refractivity (Wildman–Crippen MR) is 83.6 cm³/mol. The molecule has 2 rings (SSSR count). The van der Waals surface area contributed by atoms with Crippen LogP contribution in [0.15, 0.2) is 12.1 Å². The molecule has 116 valence electrons. The van der Waals surface area contributed by atoms with Crippen LogP contribution in [0.1, 0.15) is 12.8 Å².